The van der Waals surface area contributed by atoms with Gasteiger partial charge in [-0.3, -0.25) is 0 Å². The number of halogens is 1. The summed E-state index contributed by atoms with van der Waals surface area (Å²) in [6, 6.07) is 14.7. The van der Waals surface area contributed by atoms with Gasteiger partial charge >= 0.3 is 0 Å². The average Bonchev–Trinajstić information content (AvgIpc) is 3.21. The molecule has 2 aromatic carbocycles. The first kappa shape index (κ1) is 14.6. The van der Waals surface area contributed by atoms with E-state index in [1.54, 1.807) is 12.1 Å². The standard InChI is InChI=1S/C19H16FN3O/c1-12(2)23-9-8-13-10-14(6-7-17(13)23)18-21-19(24-22-18)15-4-3-5-16(20)11-15/h3-12H,1-2H3. The predicted molar refractivity (Wildman–Crippen MR) is 91.0 cm³/mol. The normalized spacial score (nSPS) is 11.5. The molecule has 0 N–H and O–H groups in total. The lowest BCUT2D eigenvalue weighted by Gasteiger charge is -2.09. The van der Waals surface area contributed by atoms with Crippen molar-refractivity contribution < 1.29 is 8.91 Å². The molecule has 0 unspecified atom stereocenters. The van der Waals surface area contributed by atoms with Crippen LogP contribution in [-0.4, -0.2) is 14.7 Å². The zero-order valence-corrected chi connectivity index (χ0v) is 13.4. The smallest absolute Gasteiger partial charge is 0.258 e. The van der Waals surface area contributed by atoms with Gasteiger partial charge in [0.05, 0.1) is 0 Å². The lowest BCUT2D eigenvalue weighted by atomic mass is 10.1. The molecule has 2 aromatic heterocycles. The lowest BCUT2D eigenvalue weighted by molar-refractivity contribution is 0.432. The van der Waals surface area contributed by atoms with Gasteiger partial charge in [-0.1, -0.05) is 11.2 Å². The van der Waals surface area contributed by atoms with E-state index in [-0.39, 0.29) is 5.82 Å². The zero-order valence-electron chi connectivity index (χ0n) is 13.4. The van der Waals surface area contributed by atoms with E-state index in [4.69, 9.17) is 4.52 Å². The van der Waals surface area contributed by atoms with E-state index in [1.165, 1.54) is 17.6 Å². The predicted octanol–water partition coefficient (Wildman–Crippen LogP) is 5.08. The summed E-state index contributed by atoms with van der Waals surface area (Å²) in [4.78, 5) is 4.39. The number of fused-ring (bicyclic) bond motifs is 1. The third kappa shape index (κ3) is 2.48. The fourth-order valence-corrected chi connectivity index (χ4v) is 2.83. The maximum absolute atomic E-state index is 13.3. The molecular formula is C19H16FN3O. The van der Waals surface area contributed by atoms with E-state index >= 15 is 0 Å². The quantitative estimate of drug-likeness (QED) is 0.528. The Labute approximate surface area is 138 Å². The van der Waals surface area contributed by atoms with Gasteiger partial charge in [-0.15, -0.1) is 0 Å². The van der Waals surface area contributed by atoms with Gasteiger partial charge in [0.1, 0.15) is 5.82 Å². The summed E-state index contributed by atoms with van der Waals surface area (Å²) in [6.45, 7) is 4.30. The van der Waals surface area contributed by atoms with Crippen molar-refractivity contribution in [3.8, 4) is 22.8 Å². The highest BCUT2D eigenvalue weighted by Crippen LogP contribution is 2.27. The molecule has 0 bridgehead atoms. The van der Waals surface area contributed by atoms with Crippen molar-refractivity contribution in [2.45, 2.75) is 19.9 Å². The summed E-state index contributed by atoms with van der Waals surface area (Å²) in [5.41, 5.74) is 2.61. The highest BCUT2D eigenvalue weighted by molar-refractivity contribution is 5.84. The Hall–Kier alpha value is -2.95. The van der Waals surface area contributed by atoms with Gasteiger partial charge in [0.15, 0.2) is 0 Å². The molecule has 0 radical (unpaired) electrons. The van der Waals surface area contributed by atoms with Crippen molar-refractivity contribution in [2.75, 3.05) is 0 Å². The lowest BCUT2D eigenvalue weighted by Crippen LogP contribution is -1.97. The molecule has 0 spiro atoms. The molecule has 0 fully saturated rings. The van der Waals surface area contributed by atoms with E-state index in [2.05, 4.69) is 46.9 Å². The summed E-state index contributed by atoms with van der Waals surface area (Å²) in [5, 5.41) is 5.15. The fourth-order valence-electron chi connectivity index (χ4n) is 2.83. The number of hydrogen-bond donors (Lipinski definition) is 0. The van der Waals surface area contributed by atoms with Crippen LogP contribution < -0.4 is 0 Å². The highest BCUT2D eigenvalue weighted by Gasteiger charge is 2.12. The SMILES string of the molecule is CC(C)n1ccc2cc(-c3noc(-c4cccc(F)c4)n3)ccc21. The summed E-state index contributed by atoms with van der Waals surface area (Å²) >= 11 is 0. The van der Waals surface area contributed by atoms with Crippen LogP contribution in [0.15, 0.2) is 59.3 Å². The van der Waals surface area contributed by atoms with Gasteiger partial charge in [0, 0.05) is 34.3 Å². The van der Waals surface area contributed by atoms with Gasteiger partial charge < -0.3 is 9.09 Å². The van der Waals surface area contributed by atoms with Crippen LogP contribution in [0, 0.1) is 5.82 Å². The van der Waals surface area contributed by atoms with Crippen molar-refractivity contribution in [1.82, 2.24) is 14.7 Å². The number of hydrogen-bond acceptors (Lipinski definition) is 3. The van der Waals surface area contributed by atoms with Crippen molar-refractivity contribution in [2.24, 2.45) is 0 Å². The minimum Gasteiger partial charge on any atom is -0.345 e. The van der Waals surface area contributed by atoms with Gasteiger partial charge in [0.25, 0.3) is 5.89 Å². The number of nitrogens with zero attached hydrogens (tertiary/aromatic N) is 3. The fraction of sp³-hybridized carbons (Fsp3) is 0.158. The van der Waals surface area contributed by atoms with Crippen LogP contribution in [0.4, 0.5) is 4.39 Å². The van der Waals surface area contributed by atoms with Gasteiger partial charge in [-0.2, -0.15) is 4.98 Å². The Balaban J connectivity index is 1.73. The van der Waals surface area contributed by atoms with Crippen molar-refractivity contribution >= 4 is 10.9 Å². The molecule has 0 aliphatic carbocycles. The molecule has 0 aliphatic rings. The first-order chi connectivity index (χ1) is 11.6. The van der Waals surface area contributed by atoms with Gasteiger partial charge in [-0.05, 0) is 56.3 Å². The Bertz CT molecular complexity index is 1020. The monoisotopic (exact) mass is 321 g/mol. The molecule has 0 saturated carbocycles. The average molecular weight is 321 g/mol. The van der Waals surface area contributed by atoms with E-state index in [1.807, 2.05) is 12.1 Å². The number of rotatable bonds is 3. The largest absolute Gasteiger partial charge is 0.345 e. The third-order valence-electron chi connectivity index (χ3n) is 4.03. The third-order valence-corrected chi connectivity index (χ3v) is 4.03. The molecule has 0 saturated heterocycles. The Morgan fingerprint density at radius 2 is 1.92 bits per heavy atom. The summed E-state index contributed by atoms with van der Waals surface area (Å²) in [7, 11) is 0. The molecule has 24 heavy (non-hydrogen) atoms. The molecule has 120 valence electrons. The van der Waals surface area contributed by atoms with Crippen LogP contribution >= 0.6 is 0 Å². The molecule has 4 aromatic rings. The second kappa shape index (κ2) is 5.60. The van der Waals surface area contributed by atoms with E-state index in [0.717, 1.165) is 10.9 Å². The molecule has 5 heteroatoms. The minimum atomic E-state index is -0.330. The van der Waals surface area contributed by atoms with Crippen molar-refractivity contribution in [3.63, 3.8) is 0 Å². The second-order valence-electron chi connectivity index (χ2n) is 6.02. The van der Waals surface area contributed by atoms with Gasteiger partial charge in [0.2, 0.25) is 5.82 Å². The molecule has 4 nitrogen and oxygen atoms in total. The summed E-state index contributed by atoms with van der Waals surface area (Å²) < 4.78 is 20.8. The Kier molecular flexibility index (Phi) is 3.41. The topological polar surface area (TPSA) is 43.9 Å². The van der Waals surface area contributed by atoms with Crippen LogP contribution in [-0.2, 0) is 0 Å². The molecular weight excluding hydrogens is 305 g/mol. The van der Waals surface area contributed by atoms with Crippen molar-refractivity contribution in [3.05, 3.63) is 60.5 Å². The van der Waals surface area contributed by atoms with Crippen LogP contribution in [0.5, 0.6) is 0 Å². The molecule has 0 atom stereocenters. The van der Waals surface area contributed by atoms with E-state index < -0.39 is 0 Å². The van der Waals surface area contributed by atoms with Crippen molar-refractivity contribution in [1.29, 1.82) is 0 Å². The first-order valence-corrected chi connectivity index (χ1v) is 7.82. The van der Waals surface area contributed by atoms with Crippen LogP contribution in [0.3, 0.4) is 0 Å². The van der Waals surface area contributed by atoms with E-state index in [9.17, 15) is 4.39 Å². The molecule has 0 aliphatic heterocycles. The summed E-state index contributed by atoms with van der Waals surface area (Å²) in [6.07, 6.45) is 2.08. The van der Waals surface area contributed by atoms with Gasteiger partial charge in [-0.25, -0.2) is 4.39 Å². The number of aromatic nitrogens is 3. The van der Waals surface area contributed by atoms with Crippen LogP contribution in [0.2, 0.25) is 0 Å². The minimum absolute atomic E-state index is 0.310. The Morgan fingerprint density at radius 3 is 2.71 bits per heavy atom. The number of benzene rings is 2. The molecule has 0 amide bonds. The Morgan fingerprint density at radius 1 is 1.04 bits per heavy atom. The maximum Gasteiger partial charge on any atom is 0.258 e. The second-order valence-corrected chi connectivity index (χ2v) is 6.02. The zero-order chi connectivity index (χ0) is 16.7. The highest BCUT2D eigenvalue weighted by atomic mass is 19.1. The first-order valence-electron chi connectivity index (χ1n) is 7.82. The van der Waals surface area contributed by atoms with Crippen LogP contribution in [0.25, 0.3) is 33.7 Å². The van der Waals surface area contributed by atoms with E-state index in [0.29, 0.717) is 23.3 Å². The molecule has 2 heterocycles. The van der Waals surface area contributed by atoms with Crippen LogP contribution in [0.1, 0.15) is 19.9 Å². The molecule has 4 rings (SSSR count). The maximum atomic E-state index is 13.3. The summed E-state index contributed by atoms with van der Waals surface area (Å²) in [5.74, 6) is 0.474.